The molecule has 0 bridgehead atoms. The van der Waals surface area contributed by atoms with Gasteiger partial charge in [0.1, 0.15) is 4.90 Å². The molecular formula is C27H19NO5S3. The number of para-hydroxylation sites is 1. The Morgan fingerprint density at radius 2 is 1.61 bits per heavy atom. The van der Waals surface area contributed by atoms with Crippen LogP contribution in [-0.2, 0) is 14.9 Å². The highest BCUT2D eigenvalue weighted by Crippen LogP contribution is 2.38. The van der Waals surface area contributed by atoms with E-state index < -0.39 is 10.1 Å². The number of hydrogen-bond donors (Lipinski definition) is 0. The zero-order valence-corrected chi connectivity index (χ0v) is 21.4. The first-order valence-electron chi connectivity index (χ1n) is 10.8. The number of methoxy groups -OCH3 is 1. The van der Waals surface area contributed by atoms with Crippen molar-refractivity contribution < 1.29 is 22.1 Å². The van der Waals surface area contributed by atoms with Crippen LogP contribution < -0.4 is 13.8 Å². The lowest BCUT2D eigenvalue weighted by Crippen LogP contribution is -2.27. The van der Waals surface area contributed by atoms with Crippen LogP contribution in [0, 0.1) is 0 Å². The second kappa shape index (κ2) is 9.77. The van der Waals surface area contributed by atoms with Gasteiger partial charge >= 0.3 is 10.1 Å². The summed E-state index contributed by atoms with van der Waals surface area (Å²) < 4.78 is 37.6. The maximum Gasteiger partial charge on any atom is 0.339 e. The van der Waals surface area contributed by atoms with E-state index in [9.17, 15) is 13.2 Å². The largest absolute Gasteiger partial charge is 0.493 e. The summed E-state index contributed by atoms with van der Waals surface area (Å²) in [5.41, 5.74) is 1.33. The molecule has 5 rings (SSSR count). The van der Waals surface area contributed by atoms with Crippen LogP contribution in [0.4, 0.5) is 5.69 Å². The van der Waals surface area contributed by atoms with Gasteiger partial charge in [0, 0.05) is 5.39 Å². The minimum Gasteiger partial charge on any atom is -0.493 e. The Morgan fingerprint density at radius 3 is 2.39 bits per heavy atom. The van der Waals surface area contributed by atoms with Gasteiger partial charge in [0.25, 0.3) is 5.91 Å². The molecule has 0 aromatic heterocycles. The van der Waals surface area contributed by atoms with Crippen LogP contribution in [-0.4, -0.2) is 25.8 Å². The Bertz CT molecular complexity index is 1630. The van der Waals surface area contributed by atoms with Crippen LogP contribution in [0.15, 0.2) is 101 Å². The van der Waals surface area contributed by atoms with Crippen LogP contribution in [0.25, 0.3) is 16.8 Å². The average Bonchev–Trinajstić information content (AvgIpc) is 3.17. The zero-order valence-electron chi connectivity index (χ0n) is 19.0. The van der Waals surface area contributed by atoms with E-state index >= 15 is 0 Å². The third-order valence-corrected chi connectivity index (χ3v) is 8.11. The molecule has 0 N–H and O–H groups in total. The molecule has 36 heavy (non-hydrogen) atoms. The highest BCUT2D eigenvalue weighted by molar-refractivity contribution is 8.27. The van der Waals surface area contributed by atoms with Gasteiger partial charge in [0.05, 0.1) is 17.7 Å². The monoisotopic (exact) mass is 533 g/mol. The van der Waals surface area contributed by atoms with Gasteiger partial charge in [-0.1, -0.05) is 84.6 Å². The Labute approximate surface area is 218 Å². The van der Waals surface area contributed by atoms with Crippen molar-refractivity contribution in [2.45, 2.75) is 4.90 Å². The van der Waals surface area contributed by atoms with Gasteiger partial charge in [-0.15, -0.1) is 0 Å². The molecule has 0 unspecified atom stereocenters. The molecule has 0 atom stereocenters. The van der Waals surface area contributed by atoms with Crippen molar-refractivity contribution in [2.75, 3.05) is 12.0 Å². The molecule has 4 aromatic carbocycles. The third kappa shape index (κ3) is 4.60. The maximum atomic E-state index is 13.1. The molecule has 0 spiro atoms. The molecule has 4 aromatic rings. The second-order valence-electron chi connectivity index (χ2n) is 7.78. The number of ether oxygens (including phenoxy) is 1. The predicted molar refractivity (Wildman–Crippen MR) is 147 cm³/mol. The number of carbonyl (C=O) groups is 1. The number of anilines is 1. The van der Waals surface area contributed by atoms with Crippen LogP contribution in [0.3, 0.4) is 0 Å². The summed E-state index contributed by atoms with van der Waals surface area (Å²) >= 11 is 6.62. The number of thiocarbonyl (C=S) groups is 1. The minimum absolute atomic E-state index is 0.0411. The molecule has 1 aliphatic heterocycles. The summed E-state index contributed by atoms with van der Waals surface area (Å²) in [7, 11) is -2.72. The minimum atomic E-state index is -4.14. The number of carbonyl (C=O) groups excluding carboxylic acids is 1. The first-order valence-corrected chi connectivity index (χ1v) is 13.4. The highest BCUT2D eigenvalue weighted by atomic mass is 32.2. The van der Waals surface area contributed by atoms with E-state index in [1.165, 1.54) is 35.9 Å². The lowest BCUT2D eigenvalue weighted by Gasteiger charge is -2.14. The van der Waals surface area contributed by atoms with E-state index in [1.807, 2.05) is 48.5 Å². The molecule has 180 valence electrons. The fraction of sp³-hybridized carbons (Fsp3) is 0.0370. The maximum absolute atomic E-state index is 13.1. The van der Waals surface area contributed by atoms with Crippen molar-refractivity contribution in [3.05, 3.63) is 101 Å². The second-order valence-corrected chi connectivity index (χ2v) is 11.0. The predicted octanol–water partition coefficient (Wildman–Crippen LogP) is 6.02. The van der Waals surface area contributed by atoms with Gasteiger partial charge < -0.3 is 8.92 Å². The lowest BCUT2D eigenvalue weighted by atomic mass is 10.1. The number of hydrogen-bond acceptors (Lipinski definition) is 7. The van der Waals surface area contributed by atoms with Gasteiger partial charge in [-0.2, -0.15) is 8.42 Å². The summed E-state index contributed by atoms with van der Waals surface area (Å²) in [5, 5.41) is 1.35. The Morgan fingerprint density at radius 1 is 0.889 bits per heavy atom. The molecule has 1 aliphatic rings. The van der Waals surface area contributed by atoms with E-state index in [4.69, 9.17) is 21.1 Å². The summed E-state index contributed by atoms with van der Waals surface area (Å²) in [4.78, 5) is 15.0. The molecule has 0 saturated carbocycles. The van der Waals surface area contributed by atoms with E-state index in [2.05, 4.69) is 0 Å². The first-order chi connectivity index (χ1) is 17.4. The Hall–Kier alpha value is -3.66. The Kier molecular flexibility index (Phi) is 6.53. The normalized spacial score (nSPS) is 15.0. The van der Waals surface area contributed by atoms with Crippen LogP contribution in [0.5, 0.6) is 11.5 Å². The van der Waals surface area contributed by atoms with Crippen LogP contribution in [0.2, 0.25) is 0 Å². The summed E-state index contributed by atoms with van der Waals surface area (Å²) in [6.07, 6.45) is 1.69. The van der Waals surface area contributed by atoms with Crippen LogP contribution in [0.1, 0.15) is 5.56 Å². The van der Waals surface area contributed by atoms with E-state index in [-0.39, 0.29) is 22.3 Å². The Balaban J connectivity index is 1.44. The topological polar surface area (TPSA) is 72.9 Å². The number of thioether (sulfide) groups is 1. The molecule has 1 fully saturated rings. The van der Waals surface area contributed by atoms with E-state index in [0.717, 1.165) is 5.39 Å². The number of benzene rings is 4. The van der Waals surface area contributed by atoms with Crippen molar-refractivity contribution >= 4 is 66.9 Å². The van der Waals surface area contributed by atoms with Gasteiger partial charge in [-0.3, -0.25) is 9.69 Å². The standard InChI is InChI=1S/C27H19NO5S3/c1-32-23-16-18(17-24-26(29)28(27(34)35-24)20-10-3-2-4-11-20)14-15-22(23)33-36(30,31)25-13-7-9-19-8-5-6-12-21(19)25/h2-17H,1H3/b24-17+. The molecule has 0 radical (unpaired) electrons. The van der Waals surface area contributed by atoms with Crippen molar-refractivity contribution in [3.63, 3.8) is 0 Å². The fourth-order valence-electron chi connectivity index (χ4n) is 3.84. The highest BCUT2D eigenvalue weighted by Gasteiger charge is 2.33. The molecule has 1 saturated heterocycles. The molecular weight excluding hydrogens is 515 g/mol. The number of nitrogens with zero attached hydrogens (tertiary/aromatic N) is 1. The average molecular weight is 534 g/mol. The zero-order chi connectivity index (χ0) is 25.3. The summed E-state index contributed by atoms with van der Waals surface area (Å²) in [5.74, 6) is 0.0274. The SMILES string of the molecule is COc1cc(/C=C2/SC(=S)N(c3ccccc3)C2=O)ccc1OS(=O)(=O)c1cccc2ccccc12. The molecule has 0 aliphatic carbocycles. The quantitative estimate of drug-likeness (QED) is 0.170. The van der Waals surface area contributed by atoms with Gasteiger partial charge in [-0.25, -0.2) is 0 Å². The van der Waals surface area contributed by atoms with Crippen molar-refractivity contribution in [3.8, 4) is 11.5 Å². The number of amides is 1. The molecule has 1 amide bonds. The summed E-state index contributed by atoms with van der Waals surface area (Å²) in [6.45, 7) is 0. The lowest BCUT2D eigenvalue weighted by molar-refractivity contribution is -0.113. The van der Waals surface area contributed by atoms with E-state index in [1.54, 1.807) is 36.4 Å². The van der Waals surface area contributed by atoms with E-state index in [0.29, 0.717) is 25.9 Å². The van der Waals surface area contributed by atoms with Crippen LogP contribution >= 0.6 is 24.0 Å². The number of rotatable bonds is 6. The smallest absolute Gasteiger partial charge is 0.339 e. The van der Waals surface area contributed by atoms with Crippen molar-refractivity contribution in [1.29, 1.82) is 0 Å². The fourth-order valence-corrected chi connectivity index (χ4v) is 6.30. The van der Waals surface area contributed by atoms with Crippen molar-refractivity contribution in [2.24, 2.45) is 0 Å². The van der Waals surface area contributed by atoms with Gasteiger partial charge in [-0.05, 0) is 47.4 Å². The van der Waals surface area contributed by atoms with Gasteiger partial charge in [0.2, 0.25) is 0 Å². The molecule has 6 nitrogen and oxygen atoms in total. The number of fused-ring (bicyclic) bond motifs is 1. The van der Waals surface area contributed by atoms with Gasteiger partial charge in [0.15, 0.2) is 15.8 Å². The van der Waals surface area contributed by atoms with Crippen molar-refractivity contribution in [1.82, 2.24) is 0 Å². The first kappa shape index (κ1) is 24.1. The summed E-state index contributed by atoms with van der Waals surface area (Å²) in [6, 6.07) is 26.2. The molecule has 9 heteroatoms. The molecule has 1 heterocycles. The third-order valence-electron chi connectivity index (χ3n) is 5.51.